The molecule has 1 atom stereocenters. The second kappa shape index (κ2) is 5.14. The number of hydrogen-bond acceptors (Lipinski definition) is 5. The minimum absolute atomic E-state index is 0.204. The summed E-state index contributed by atoms with van der Waals surface area (Å²) in [6, 6.07) is -0.221. The Morgan fingerprint density at radius 2 is 2.09 bits per heavy atom. The van der Waals surface area contributed by atoms with E-state index in [-0.39, 0.29) is 18.3 Å². The van der Waals surface area contributed by atoms with Crippen LogP contribution in [0.15, 0.2) is 17.3 Å². The van der Waals surface area contributed by atoms with Gasteiger partial charge in [-0.3, -0.25) is 9.13 Å². The van der Waals surface area contributed by atoms with Crippen LogP contribution in [0.25, 0.3) is 11.2 Å². The van der Waals surface area contributed by atoms with Gasteiger partial charge in [0.25, 0.3) is 10.2 Å². The predicted octanol–water partition coefficient (Wildman–Crippen LogP) is -0.817. The van der Waals surface area contributed by atoms with Gasteiger partial charge in [0, 0.05) is 34.2 Å². The highest BCUT2D eigenvalue weighted by atomic mass is 32.2. The Morgan fingerprint density at radius 3 is 2.77 bits per heavy atom. The molecule has 22 heavy (non-hydrogen) atoms. The largest absolute Gasteiger partial charge is 0.330 e. The molecular formula is C12H18N6O3S. The Balaban J connectivity index is 2.01. The molecule has 3 heterocycles. The number of fused-ring (bicyclic) bond motifs is 1. The molecule has 0 aliphatic carbocycles. The predicted molar refractivity (Wildman–Crippen MR) is 80.6 cm³/mol. The van der Waals surface area contributed by atoms with Gasteiger partial charge >= 0.3 is 5.69 Å². The topological polar surface area (TPSA) is 93.3 Å². The molecule has 2 aromatic rings. The lowest BCUT2D eigenvalue weighted by molar-refractivity contribution is 0.407. The van der Waals surface area contributed by atoms with Gasteiger partial charge in [-0.25, -0.2) is 14.8 Å². The standard InChI is InChI=1S/C12H18N6O3S/c1-15(2)22(20,21)17-5-4-9(7-17)18-11-10(6-13-8-14-11)16(3)12(18)19/h6,8-9H,4-5,7H2,1-3H3. The van der Waals surface area contributed by atoms with Crippen molar-refractivity contribution in [2.45, 2.75) is 12.5 Å². The third kappa shape index (κ3) is 2.14. The molecule has 3 rings (SSSR count). The maximum atomic E-state index is 12.4. The van der Waals surface area contributed by atoms with E-state index in [4.69, 9.17) is 0 Å². The molecule has 1 saturated heterocycles. The Kier molecular flexibility index (Phi) is 3.54. The van der Waals surface area contributed by atoms with Crippen molar-refractivity contribution < 1.29 is 8.42 Å². The van der Waals surface area contributed by atoms with Crippen LogP contribution < -0.4 is 5.69 Å². The average Bonchev–Trinajstić information content (AvgIpc) is 3.05. The summed E-state index contributed by atoms with van der Waals surface area (Å²) in [5.41, 5.74) is 0.975. The summed E-state index contributed by atoms with van der Waals surface area (Å²) in [5.74, 6) is 0. The molecule has 0 amide bonds. The van der Waals surface area contributed by atoms with Gasteiger partial charge in [-0.2, -0.15) is 17.0 Å². The van der Waals surface area contributed by atoms with E-state index in [0.29, 0.717) is 24.1 Å². The van der Waals surface area contributed by atoms with E-state index < -0.39 is 10.2 Å². The van der Waals surface area contributed by atoms with Crippen molar-refractivity contribution in [3.8, 4) is 0 Å². The van der Waals surface area contributed by atoms with Gasteiger partial charge in [0.05, 0.1) is 12.2 Å². The van der Waals surface area contributed by atoms with E-state index in [1.165, 1.54) is 33.6 Å². The number of imidazole rings is 1. The van der Waals surface area contributed by atoms with Crippen LogP contribution in [0, 0.1) is 0 Å². The van der Waals surface area contributed by atoms with Gasteiger partial charge < -0.3 is 0 Å². The van der Waals surface area contributed by atoms with Crippen molar-refractivity contribution in [2.24, 2.45) is 7.05 Å². The van der Waals surface area contributed by atoms with Gasteiger partial charge in [-0.1, -0.05) is 0 Å². The molecule has 0 N–H and O–H groups in total. The van der Waals surface area contributed by atoms with E-state index in [1.54, 1.807) is 17.8 Å². The quantitative estimate of drug-likeness (QED) is 0.735. The molecule has 0 bridgehead atoms. The average molecular weight is 326 g/mol. The fourth-order valence-electron chi connectivity index (χ4n) is 2.78. The fraction of sp³-hybridized carbons (Fsp3) is 0.583. The summed E-state index contributed by atoms with van der Waals surface area (Å²) in [7, 11) is 1.20. The molecule has 9 nitrogen and oxygen atoms in total. The Bertz CT molecular complexity index is 869. The molecule has 120 valence electrons. The Morgan fingerprint density at radius 1 is 1.36 bits per heavy atom. The highest BCUT2D eigenvalue weighted by Gasteiger charge is 2.35. The molecular weight excluding hydrogens is 308 g/mol. The zero-order valence-electron chi connectivity index (χ0n) is 12.7. The van der Waals surface area contributed by atoms with E-state index in [9.17, 15) is 13.2 Å². The molecule has 0 radical (unpaired) electrons. The second-order valence-corrected chi connectivity index (χ2v) is 7.68. The first-order valence-corrected chi connectivity index (χ1v) is 8.28. The van der Waals surface area contributed by atoms with E-state index >= 15 is 0 Å². The van der Waals surface area contributed by atoms with Crippen LogP contribution in [0.2, 0.25) is 0 Å². The smallest absolute Gasteiger partial charge is 0.292 e. The fourth-order valence-corrected chi connectivity index (χ4v) is 3.94. The lowest BCUT2D eigenvalue weighted by Gasteiger charge is -2.20. The van der Waals surface area contributed by atoms with Crippen molar-refractivity contribution in [3.05, 3.63) is 23.0 Å². The van der Waals surface area contributed by atoms with Gasteiger partial charge in [-0.05, 0) is 6.42 Å². The molecule has 1 aliphatic rings. The SMILES string of the molecule is CN(C)S(=O)(=O)N1CCC(n2c(=O)n(C)c3cncnc32)C1. The first kappa shape index (κ1) is 15.1. The Hall–Kier alpha value is -1.78. The summed E-state index contributed by atoms with van der Waals surface area (Å²) in [6.45, 7) is 0.655. The highest BCUT2D eigenvalue weighted by molar-refractivity contribution is 7.86. The molecule has 0 saturated carbocycles. The van der Waals surface area contributed by atoms with Crippen LogP contribution in [0.5, 0.6) is 0 Å². The summed E-state index contributed by atoms with van der Waals surface area (Å²) in [4.78, 5) is 20.6. The van der Waals surface area contributed by atoms with Gasteiger partial charge in [0.15, 0.2) is 5.65 Å². The molecule has 10 heteroatoms. The van der Waals surface area contributed by atoms with E-state index in [1.807, 2.05) is 0 Å². The van der Waals surface area contributed by atoms with Crippen molar-refractivity contribution in [2.75, 3.05) is 27.2 Å². The van der Waals surface area contributed by atoms with Gasteiger partial charge in [-0.15, -0.1) is 0 Å². The zero-order chi connectivity index (χ0) is 16.1. The number of aromatic nitrogens is 4. The second-order valence-electron chi connectivity index (χ2n) is 5.53. The number of hydrogen-bond donors (Lipinski definition) is 0. The molecule has 1 unspecified atom stereocenters. The minimum atomic E-state index is -3.47. The summed E-state index contributed by atoms with van der Waals surface area (Å²) >= 11 is 0. The van der Waals surface area contributed by atoms with E-state index in [0.717, 1.165) is 0 Å². The van der Waals surface area contributed by atoms with Gasteiger partial charge in [0.2, 0.25) is 0 Å². The Labute approximate surface area is 128 Å². The maximum absolute atomic E-state index is 12.4. The summed E-state index contributed by atoms with van der Waals surface area (Å²) in [5, 5.41) is 0. The number of nitrogens with zero attached hydrogens (tertiary/aromatic N) is 6. The van der Waals surface area contributed by atoms with Crippen LogP contribution in [-0.4, -0.2) is 63.3 Å². The number of aryl methyl sites for hydroxylation is 1. The molecule has 0 aromatic carbocycles. The van der Waals surface area contributed by atoms with Crippen molar-refractivity contribution in [3.63, 3.8) is 0 Å². The zero-order valence-corrected chi connectivity index (χ0v) is 13.5. The normalized spacial score (nSPS) is 20.3. The van der Waals surface area contributed by atoms with Crippen LogP contribution in [0.4, 0.5) is 0 Å². The highest BCUT2D eigenvalue weighted by Crippen LogP contribution is 2.26. The molecule has 1 fully saturated rings. The van der Waals surface area contributed by atoms with Crippen molar-refractivity contribution in [1.29, 1.82) is 0 Å². The first-order chi connectivity index (χ1) is 10.3. The van der Waals surface area contributed by atoms with Crippen LogP contribution in [0.3, 0.4) is 0 Å². The molecule has 0 spiro atoms. The van der Waals surface area contributed by atoms with Crippen molar-refractivity contribution >= 4 is 21.4 Å². The third-order valence-electron chi connectivity index (χ3n) is 4.03. The molecule has 2 aromatic heterocycles. The lowest BCUT2D eigenvalue weighted by Crippen LogP contribution is -2.39. The van der Waals surface area contributed by atoms with Crippen LogP contribution >= 0.6 is 0 Å². The monoisotopic (exact) mass is 326 g/mol. The van der Waals surface area contributed by atoms with Gasteiger partial charge in [0.1, 0.15) is 11.8 Å². The maximum Gasteiger partial charge on any atom is 0.330 e. The lowest BCUT2D eigenvalue weighted by atomic mass is 10.2. The van der Waals surface area contributed by atoms with Crippen LogP contribution in [-0.2, 0) is 17.3 Å². The van der Waals surface area contributed by atoms with E-state index in [2.05, 4.69) is 9.97 Å². The summed E-state index contributed by atoms with van der Waals surface area (Å²) < 4.78 is 30.0. The minimum Gasteiger partial charge on any atom is -0.292 e. The number of rotatable bonds is 3. The third-order valence-corrected chi connectivity index (χ3v) is 5.94. The first-order valence-electron chi connectivity index (χ1n) is 6.88. The molecule has 1 aliphatic heterocycles. The van der Waals surface area contributed by atoms with Crippen molar-refractivity contribution in [1.82, 2.24) is 27.7 Å². The van der Waals surface area contributed by atoms with Crippen LogP contribution in [0.1, 0.15) is 12.5 Å². The summed E-state index contributed by atoms with van der Waals surface area (Å²) in [6.07, 6.45) is 3.56.